The Morgan fingerprint density at radius 2 is 2.10 bits per heavy atom. The summed E-state index contributed by atoms with van der Waals surface area (Å²) in [5.41, 5.74) is 4.88. The summed E-state index contributed by atoms with van der Waals surface area (Å²) in [5, 5.41) is 3.15. The molecular weight excluding hydrogens is 282 g/mol. The Hall–Kier alpha value is -1.95. The number of hydrogen-bond donors (Lipinski definition) is 2. The highest BCUT2D eigenvalue weighted by Gasteiger charge is 2.17. The van der Waals surface area contributed by atoms with E-state index in [-0.39, 0.29) is 6.04 Å². The van der Waals surface area contributed by atoms with E-state index < -0.39 is 0 Å². The van der Waals surface area contributed by atoms with Crippen LogP contribution in [0, 0.1) is 0 Å². The number of para-hydroxylation sites is 1. The van der Waals surface area contributed by atoms with E-state index in [1.54, 1.807) is 18.4 Å². The molecular formula is C16H17N3OS. The number of nitrogens with two attached hydrogens (primary N) is 1. The first-order valence-corrected chi connectivity index (χ1v) is 7.62. The number of fused-ring (bicyclic) bond motifs is 1. The zero-order valence-electron chi connectivity index (χ0n) is 11.7. The second-order valence-electron chi connectivity index (χ2n) is 4.77. The molecule has 2 aromatic heterocycles. The molecule has 1 atom stereocenters. The number of aromatic nitrogens is 1. The molecule has 3 rings (SSSR count). The highest BCUT2D eigenvalue weighted by atomic mass is 32.1. The molecule has 2 heterocycles. The summed E-state index contributed by atoms with van der Waals surface area (Å²) in [4.78, 5) is 5.79. The average molecular weight is 299 g/mol. The summed E-state index contributed by atoms with van der Waals surface area (Å²) in [7, 11) is 1.67. The van der Waals surface area contributed by atoms with Gasteiger partial charge in [0.1, 0.15) is 5.75 Å². The molecule has 0 bridgehead atoms. The van der Waals surface area contributed by atoms with Crippen molar-refractivity contribution in [1.29, 1.82) is 0 Å². The van der Waals surface area contributed by atoms with Gasteiger partial charge < -0.3 is 4.74 Å². The molecule has 0 saturated heterocycles. The predicted molar refractivity (Wildman–Crippen MR) is 86.4 cm³/mol. The Bertz CT molecular complexity index is 741. The van der Waals surface area contributed by atoms with Crippen LogP contribution in [0.5, 0.6) is 5.75 Å². The lowest BCUT2D eigenvalue weighted by Crippen LogP contribution is -2.29. The summed E-state index contributed by atoms with van der Waals surface area (Å²) in [6.45, 7) is 0. The van der Waals surface area contributed by atoms with E-state index in [1.807, 2.05) is 35.7 Å². The molecule has 0 aliphatic carbocycles. The molecule has 0 fully saturated rings. The monoisotopic (exact) mass is 299 g/mol. The van der Waals surface area contributed by atoms with Crippen molar-refractivity contribution in [3.63, 3.8) is 0 Å². The first kappa shape index (κ1) is 14.0. The van der Waals surface area contributed by atoms with E-state index in [4.69, 9.17) is 15.6 Å². The van der Waals surface area contributed by atoms with Crippen LogP contribution in [-0.2, 0) is 6.42 Å². The van der Waals surface area contributed by atoms with Gasteiger partial charge in [-0.3, -0.25) is 16.3 Å². The minimum atomic E-state index is -0.00591. The molecule has 108 valence electrons. The van der Waals surface area contributed by atoms with Crippen LogP contribution in [0.2, 0.25) is 0 Å². The lowest BCUT2D eigenvalue weighted by atomic mass is 10.1. The van der Waals surface area contributed by atoms with E-state index in [1.165, 1.54) is 0 Å². The number of hydrazine groups is 1. The summed E-state index contributed by atoms with van der Waals surface area (Å²) >= 11 is 1.63. The highest BCUT2D eigenvalue weighted by molar-refractivity contribution is 7.10. The van der Waals surface area contributed by atoms with Gasteiger partial charge in [-0.05, 0) is 23.6 Å². The Morgan fingerprint density at radius 3 is 2.90 bits per heavy atom. The van der Waals surface area contributed by atoms with Crippen molar-refractivity contribution in [2.24, 2.45) is 5.84 Å². The minimum Gasteiger partial charge on any atom is -0.496 e. The first-order chi connectivity index (χ1) is 10.3. The Balaban J connectivity index is 1.88. The molecule has 0 aliphatic heterocycles. The van der Waals surface area contributed by atoms with Crippen molar-refractivity contribution in [1.82, 2.24) is 10.4 Å². The van der Waals surface area contributed by atoms with Crippen LogP contribution < -0.4 is 16.0 Å². The second-order valence-corrected chi connectivity index (χ2v) is 5.72. The van der Waals surface area contributed by atoms with Gasteiger partial charge in [0.25, 0.3) is 0 Å². The summed E-state index contributed by atoms with van der Waals surface area (Å²) < 4.78 is 5.37. The maximum Gasteiger partial charge on any atom is 0.134 e. The van der Waals surface area contributed by atoms with Gasteiger partial charge in [0.2, 0.25) is 0 Å². The van der Waals surface area contributed by atoms with Crippen LogP contribution in [0.15, 0.2) is 47.8 Å². The third-order valence-electron chi connectivity index (χ3n) is 3.46. The third-order valence-corrected chi connectivity index (χ3v) is 4.48. The zero-order chi connectivity index (χ0) is 14.7. The fourth-order valence-electron chi connectivity index (χ4n) is 2.39. The fourth-order valence-corrected chi connectivity index (χ4v) is 3.31. The summed E-state index contributed by atoms with van der Waals surface area (Å²) in [6.07, 6.45) is 0.720. The van der Waals surface area contributed by atoms with Crippen LogP contribution in [0.3, 0.4) is 0 Å². The number of nitrogens with one attached hydrogen (secondary N) is 1. The molecule has 0 spiro atoms. The smallest absolute Gasteiger partial charge is 0.134 e. The first-order valence-electron chi connectivity index (χ1n) is 6.74. The molecule has 1 aromatic carbocycles. The van der Waals surface area contributed by atoms with Crippen molar-refractivity contribution in [2.45, 2.75) is 12.5 Å². The number of thiophene rings is 1. The summed E-state index contributed by atoms with van der Waals surface area (Å²) in [6, 6.07) is 14.2. The van der Waals surface area contributed by atoms with Crippen molar-refractivity contribution >= 4 is 22.2 Å². The number of benzene rings is 1. The normalized spacial score (nSPS) is 12.5. The molecule has 1 unspecified atom stereocenters. The minimum absolute atomic E-state index is 0.00591. The molecule has 0 aliphatic rings. The van der Waals surface area contributed by atoms with Gasteiger partial charge in [0.05, 0.1) is 23.5 Å². The van der Waals surface area contributed by atoms with Crippen molar-refractivity contribution in [2.75, 3.05) is 7.11 Å². The lowest BCUT2D eigenvalue weighted by Gasteiger charge is -2.15. The second kappa shape index (κ2) is 6.22. The number of pyridine rings is 1. The average Bonchev–Trinajstić information content (AvgIpc) is 3.01. The number of methoxy groups -OCH3 is 1. The highest BCUT2D eigenvalue weighted by Crippen LogP contribution is 2.32. The molecule has 0 amide bonds. The van der Waals surface area contributed by atoms with Gasteiger partial charge in [-0.2, -0.15) is 0 Å². The maximum atomic E-state index is 5.72. The lowest BCUT2D eigenvalue weighted by molar-refractivity contribution is 0.403. The molecule has 3 aromatic rings. The Kier molecular flexibility index (Phi) is 4.15. The van der Waals surface area contributed by atoms with Crippen LogP contribution in [0.1, 0.15) is 16.6 Å². The largest absolute Gasteiger partial charge is 0.496 e. The number of rotatable bonds is 5. The van der Waals surface area contributed by atoms with E-state index in [0.29, 0.717) is 0 Å². The molecule has 5 heteroatoms. The standard InChI is InChI=1S/C16H17N3OS/c1-20-15-8-9-21-16(15)14(19-17)10-12-7-6-11-4-2-3-5-13(11)18-12/h2-9,14,19H,10,17H2,1H3. The van der Waals surface area contributed by atoms with Gasteiger partial charge in [-0.25, -0.2) is 0 Å². The molecule has 0 saturated carbocycles. The van der Waals surface area contributed by atoms with Crippen molar-refractivity contribution in [3.05, 3.63) is 58.4 Å². The Morgan fingerprint density at radius 1 is 1.24 bits per heavy atom. The molecule has 21 heavy (non-hydrogen) atoms. The van der Waals surface area contributed by atoms with Crippen LogP contribution >= 0.6 is 11.3 Å². The predicted octanol–water partition coefficient (Wildman–Crippen LogP) is 3.05. The van der Waals surface area contributed by atoms with E-state index in [0.717, 1.165) is 33.6 Å². The quantitative estimate of drug-likeness (QED) is 0.561. The van der Waals surface area contributed by atoms with Gasteiger partial charge in [0.15, 0.2) is 0 Å². The van der Waals surface area contributed by atoms with Crippen molar-refractivity contribution < 1.29 is 4.74 Å². The van der Waals surface area contributed by atoms with Gasteiger partial charge >= 0.3 is 0 Å². The van der Waals surface area contributed by atoms with E-state index in [9.17, 15) is 0 Å². The summed E-state index contributed by atoms with van der Waals surface area (Å²) in [5.74, 6) is 6.59. The topological polar surface area (TPSA) is 60.2 Å². The zero-order valence-corrected chi connectivity index (χ0v) is 12.6. The Labute approximate surface area is 127 Å². The third kappa shape index (κ3) is 2.90. The molecule has 3 N–H and O–H groups in total. The number of ether oxygens (including phenoxy) is 1. The van der Waals surface area contributed by atoms with Gasteiger partial charge in [-0.15, -0.1) is 11.3 Å². The number of nitrogens with zero attached hydrogens (tertiary/aromatic N) is 1. The van der Waals surface area contributed by atoms with Crippen LogP contribution in [-0.4, -0.2) is 12.1 Å². The van der Waals surface area contributed by atoms with Gasteiger partial charge in [-0.1, -0.05) is 24.3 Å². The van der Waals surface area contributed by atoms with Gasteiger partial charge in [0, 0.05) is 17.5 Å². The van der Waals surface area contributed by atoms with Crippen molar-refractivity contribution in [3.8, 4) is 5.75 Å². The van der Waals surface area contributed by atoms with E-state index >= 15 is 0 Å². The van der Waals surface area contributed by atoms with E-state index in [2.05, 4.69) is 17.6 Å². The van der Waals surface area contributed by atoms with Crippen LogP contribution in [0.25, 0.3) is 10.9 Å². The SMILES string of the molecule is COc1ccsc1C(Cc1ccc2ccccc2n1)NN. The van der Waals surface area contributed by atoms with Crippen LogP contribution in [0.4, 0.5) is 0 Å². The molecule has 0 radical (unpaired) electrons. The number of hydrogen-bond acceptors (Lipinski definition) is 5. The molecule has 4 nitrogen and oxygen atoms in total. The maximum absolute atomic E-state index is 5.72. The fraction of sp³-hybridized carbons (Fsp3) is 0.188.